The minimum Gasteiger partial charge on any atom is -0.375 e. The Morgan fingerprint density at radius 1 is 1.22 bits per heavy atom. The van der Waals surface area contributed by atoms with Crippen LogP contribution >= 0.6 is 0 Å². The first-order valence-corrected chi connectivity index (χ1v) is 7.63. The van der Waals surface area contributed by atoms with Crippen LogP contribution in [0.5, 0.6) is 0 Å². The molecule has 1 saturated carbocycles. The van der Waals surface area contributed by atoms with Gasteiger partial charge < -0.3 is 10.1 Å². The van der Waals surface area contributed by atoms with Crippen LogP contribution in [0.4, 0.5) is 0 Å². The standard InChI is InChI=1S/C15H30N2O/c1-15(2,3)18-10-9-17(14-6-7-14)12-13-5-4-8-16-11-13/h13-14,16H,4-12H2,1-3H3. The zero-order valence-electron chi connectivity index (χ0n) is 12.4. The van der Waals surface area contributed by atoms with Gasteiger partial charge in [-0.25, -0.2) is 0 Å². The first kappa shape index (κ1) is 14.3. The van der Waals surface area contributed by atoms with Gasteiger partial charge >= 0.3 is 0 Å². The molecule has 1 heterocycles. The predicted octanol–water partition coefficient (Wildman–Crippen LogP) is 2.27. The summed E-state index contributed by atoms with van der Waals surface area (Å²) in [4.78, 5) is 2.67. The van der Waals surface area contributed by atoms with Crippen LogP contribution in [0.1, 0.15) is 46.5 Å². The van der Waals surface area contributed by atoms with E-state index in [0.29, 0.717) is 0 Å². The number of hydrogen-bond donors (Lipinski definition) is 1. The molecule has 1 aliphatic heterocycles. The van der Waals surface area contributed by atoms with Crippen LogP contribution in [-0.2, 0) is 4.74 Å². The van der Waals surface area contributed by atoms with Crippen molar-refractivity contribution < 1.29 is 4.74 Å². The fraction of sp³-hybridized carbons (Fsp3) is 1.00. The van der Waals surface area contributed by atoms with Crippen LogP contribution in [-0.4, -0.2) is 49.3 Å². The maximum atomic E-state index is 5.87. The third-order valence-electron chi connectivity index (χ3n) is 3.87. The molecule has 0 amide bonds. The van der Waals surface area contributed by atoms with Crippen LogP contribution in [0.25, 0.3) is 0 Å². The Kier molecular flexibility index (Phi) is 5.05. The van der Waals surface area contributed by atoms with Gasteiger partial charge in [0.2, 0.25) is 0 Å². The van der Waals surface area contributed by atoms with E-state index >= 15 is 0 Å². The molecule has 0 bridgehead atoms. The molecule has 1 unspecified atom stereocenters. The second-order valence-corrected chi connectivity index (χ2v) is 6.90. The minimum absolute atomic E-state index is 0.00160. The average molecular weight is 254 g/mol. The summed E-state index contributed by atoms with van der Waals surface area (Å²) in [5.41, 5.74) is 0.00160. The van der Waals surface area contributed by atoms with Crippen molar-refractivity contribution in [1.82, 2.24) is 10.2 Å². The zero-order chi connectivity index (χ0) is 13.0. The van der Waals surface area contributed by atoms with Crippen LogP contribution in [0.2, 0.25) is 0 Å². The van der Waals surface area contributed by atoms with E-state index < -0.39 is 0 Å². The molecule has 1 aliphatic carbocycles. The van der Waals surface area contributed by atoms with E-state index in [1.807, 2.05) is 0 Å². The van der Waals surface area contributed by atoms with Gasteiger partial charge in [0.25, 0.3) is 0 Å². The van der Waals surface area contributed by atoms with Crippen molar-refractivity contribution in [3.8, 4) is 0 Å². The van der Waals surface area contributed by atoms with Crippen molar-refractivity contribution in [3.63, 3.8) is 0 Å². The van der Waals surface area contributed by atoms with E-state index in [1.54, 1.807) is 0 Å². The fourth-order valence-electron chi connectivity index (χ4n) is 2.74. The summed E-state index contributed by atoms with van der Waals surface area (Å²) < 4.78 is 5.87. The second-order valence-electron chi connectivity index (χ2n) is 6.90. The third-order valence-corrected chi connectivity index (χ3v) is 3.87. The van der Waals surface area contributed by atoms with E-state index in [4.69, 9.17) is 4.74 Å². The summed E-state index contributed by atoms with van der Waals surface area (Å²) in [7, 11) is 0. The maximum absolute atomic E-state index is 5.87. The van der Waals surface area contributed by atoms with Crippen LogP contribution in [0, 0.1) is 5.92 Å². The molecule has 106 valence electrons. The van der Waals surface area contributed by atoms with E-state index in [2.05, 4.69) is 31.0 Å². The van der Waals surface area contributed by atoms with Gasteiger partial charge in [0.05, 0.1) is 12.2 Å². The number of nitrogens with zero attached hydrogens (tertiary/aromatic N) is 1. The average Bonchev–Trinajstić information content (AvgIpc) is 3.11. The number of rotatable bonds is 6. The van der Waals surface area contributed by atoms with E-state index in [9.17, 15) is 0 Å². The Hall–Kier alpha value is -0.120. The molecule has 3 nitrogen and oxygen atoms in total. The second kappa shape index (κ2) is 6.36. The summed E-state index contributed by atoms with van der Waals surface area (Å²) in [5, 5.41) is 3.52. The van der Waals surface area contributed by atoms with Crippen molar-refractivity contribution in [2.45, 2.75) is 58.1 Å². The molecule has 0 aromatic rings. The zero-order valence-corrected chi connectivity index (χ0v) is 12.4. The minimum atomic E-state index is 0.00160. The molecular weight excluding hydrogens is 224 g/mol. The molecule has 0 aromatic carbocycles. The number of ether oxygens (including phenoxy) is 1. The van der Waals surface area contributed by atoms with Gasteiger partial charge in [0.1, 0.15) is 0 Å². The quantitative estimate of drug-likeness (QED) is 0.787. The summed E-state index contributed by atoms with van der Waals surface area (Å²) in [6, 6.07) is 0.857. The molecule has 2 fully saturated rings. The Balaban J connectivity index is 1.70. The van der Waals surface area contributed by atoms with Gasteiger partial charge in [-0.3, -0.25) is 4.90 Å². The lowest BCUT2D eigenvalue weighted by atomic mass is 9.99. The molecule has 0 radical (unpaired) electrons. The van der Waals surface area contributed by atoms with Crippen LogP contribution in [0.15, 0.2) is 0 Å². The molecule has 18 heavy (non-hydrogen) atoms. The highest BCUT2D eigenvalue weighted by Crippen LogP contribution is 2.28. The van der Waals surface area contributed by atoms with Gasteiger partial charge in [-0.05, 0) is 65.5 Å². The van der Waals surface area contributed by atoms with Gasteiger partial charge in [-0.2, -0.15) is 0 Å². The maximum Gasteiger partial charge on any atom is 0.0600 e. The molecule has 1 N–H and O–H groups in total. The fourth-order valence-corrected chi connectivity index (χ4v) is 2.74. The molecule has 2 rings (SSSR count). The van der Waals surface area contributed by atoms with E-state index in [1.165, 1.54) is 45.3 Å². The topological polar surface area (TPSA) is 24.5 Å². The van der Waals surface area contributed by atoms with Crippen molar-refractivity contribution >= 4 is 0 Å². The lowest BCUT2D eigenvalue weighted by Gasteiger charge is -2.31. The first-order valence-electron chi connectivity index (χ1n) is 7.63. The molecule has 2 aliphatic rings. The Morgan fingerprint density at radius 3 is 2.56 bits per heavy atom. The van der Waals surface area contributed by atoms with Crippen LogP contribution in [0.3, 0.4) is 0 Å². The van der Waals surface area contributed by atoms with Crippen molar-refractivity contribution in [1.29, 1.82) is 0 Å². The number of hydrogen-bond acceptors (Lipinski definition) is 3. The lowest BCUT2D eigenvalue weighted by molar-refractivity contribution is -0.0157. The highest BCUT2D eigenvalue weighted by Gasteiger charge is 2.30. The molecule has 3 heteroatoms. The monoisotopic (exact) mass is 254 g/mol. The van der Waals surface area contributed by atoms with Crippen molar-refractivity contribution in [2.24, 2.45) is 5.92 Å². The normalized spacial score (nSPS) is 25.7. The molecule has 1 saturated heterocycles. The summed E-state index contributed by atoms with van der Waals surface area (Å²) >= 11 is 0. The lowest BCUT2D eigenvalue weighted by Crippen LogP contribution is -2.41. The molecule has 0 aromatic heterocycles. The largest absolute Gasteiger partial charge is 0.375 e. The SMILES string of the molecule is CC(C)(C)OCCN(CC1CCCNC1)C1CC1. The Morgan fingerprint density at radius 2 is 2.00 bits per heavy atom. The predicted molar refractivity (Wildman–Crippen MR) is 75.9 cm³/mol. The highest BCUT2D eigenvalue weighted by molar-refractivity contribution is 4.86. The van der Waals surface area contributed by atoms with Crippen LogP contribution < -0.4 is 5.32 Å². The van der Waals surface area contributed by atoms with Gasteiger partial charge in [-0.15, -0.1) is 0 Å². The van der Waals surface area contributed by atoms with Gasteiger partial charge in [0, 0.05) is 19.1 Å². The van der Waals surface area contributed by atoms with E-state index in [-0.39, 0.29) is 5.60 Å². The Bertz CT molecular complexity index is 239. The number of piperidine rings is 1. The van der Waals surface area contributed by atoms with Crippen molar-refractivity contribution in [3.05, 3.63) is 0 Å². The van der Waals surface area contributed by atoms with Crippen molar-refractivity contribution in [2.75, 3.05) is 32.8 Å². The first-order chi connectivity index (χ1) is 8.54. The summed E-state index contributed by atoms with van der Waals surface area (Å²) in [5.74, 6) is 0.856. The van der Waals surface area contributed by atoms with E-state index in [0.717, 1.165) is 25.1 Å². The number of nitrogens with one attached hydrogen (secondary N) is 1. The molecule has 1 atom stereocenters. The molecule has 0 spiro atoms. The van der Waals surface area contributed by atoms with Gasteiger partial charge in [0.15, 0.2) is 0 Å². The smallest absolute Gasteiger partial charge is 0.0600 e. The molecular formula is C15H30N2O. The van der Waals surface area contributed by atoms with Gasteiger partial charge in [-0.1, -0.05) is 0 Å². The highest BCUT2D eigenvalue weighted by atomic mass is 16.5. The third kappa shape index (κ3) is 5.25. The summed E-state index contributed by atoms with van der Waals surface area (Å²) in [6.45, 7) is 12.1. The summed E-state index contributed by atoms with van der Waals surface area (Å²) in [6.07, 6.45) is 5.54. The Labute approximate surface area is 112 Å².